The molecule has 3 N–H and O–H groups in total. The summed E-state index contributed by atoms with van der Waals surface area (Å²) >= 11 is 3.33. The van der Waals surface area contributed by atoms with Crippen LogP contribution in [0.1, 0.15) is 29.5 Å². The van der Waals surface area contributed by atoms with E-state index in [9.17, 15) is 19.5 Å². The number of amides is 2. The lowest BCUT2D eigenvalue weighted by molar-refractivity contribution is -0.142. The third-order valence-electron chi connectivity index (χ3n) is 6.04. The number of rotatable bonds is 8. The molecule has 0 saturated carbocycles. The highest BCUT2D eigenvalue weighted by Crippen LogP contribution is 2.44. The number of benzene rings is 3. The lowest BCUT2D eigenvalue weighted by atomic mass is 9.98. The zero-order valence-corrected chi connectivity index (χ0v) is 20.6. The largest absolute Gasteiger partial charge is 0.480 e. The van der Waals surface area contributed by atoms with E-state index in [4.69, 9.17) is 4.74 Å². The van der Waals surface area contributed by atoms with Crippen LogP contribution < -0.4 is 10.6 Å². The fraction of sp³-hybridized carbons (Fsp3) is 0.222. The van der Waals surface area contributed by atoms with Gasteiger partial charge in [-0.05, 0) is 46.9 Å². The van der Waals surface area contributed by atoms with E-state index in [1.54, 1.807) is 24.3 Å². The number of carbonyl (C=O) groups is 3. The van der Waals surface area contributed by atoms with Crippen molar-refractivity contribution in [1.82, 2.24) is 10.6 Å². The monoisotopic (exact) mass is 536 g/mol. The minimum Gasteiger partial charge on any atom is -0.480 e. The van der Waals surface area contributed by atoms with Crippen LogP contribution in [0.3, 0.4) is 0 Å². The van der Waals surface area contributed by atoms with Crippen LogP contribution in [0.5, 0.6) is 0 Å². The van der Waals surface area contributed by atoms with E-state index in [1.165, 1.54) is 6.92 Å². The van der Waals surface area contributed by atoms with Crippen LogP contribution in [0.25, 0.3) is 11.1 Å². The van der Waals surface area contributed by atoms with E-state index in [0.29, 0.717) is 0 Å². The van der Waals surface area contributed by atoms with Crippen molar-refractivity contribution in [3.8, 4) is 11.1 Å². The molecule has 2 atom stereocenters. The molecule has 0 unspecified atom stereocenters. The molecule has 0 spiro atoms. The van der Waals surface area contributed by atoms with Gasteiger partial charge in [-0.3, -0.25) is 4.79 Å². The number of alkyl carbamates (subject to hydrolysis) is 1. The lowest BCUT2D eigenvalue weighted by Gasteiger charge is -2.19. The molecule has 7 nitrogen and oxygen atoms in total. The van der Waals surface area contributed by atoms with Gasteiger partial charge in [-0.1, -0.05) is 76.6 Å². The number of carboxylic acids is 1. The Morgan fingerprint density at radius 3 is 2.06 bits per heavy atom. The van der Waals surface area contributed by atoms with E-state index in [2.05, 4.69) is 26.6 Å². The van der Waals surface area contributed by atoms with Gasteiger partial charge < -0.3 is 20.5 Å². The Kier molecular flexibility index (Phi) is 7.51. The third-order valence-corrected chi connectivity index (χ3v) is 6.57. The molecular weight excluding hydrogens is 512 g/mol. The number of carbonyl (C=O) groups excluding carboxylic acids is 2. The maximum atomic E-state index is 12.6. The summed E-state index contributed by atoms with van der Waals surface area (Å²) < 4.78 is 6.34. The Bertz CT molecular complexity index is 1200. The summed E-state index contributed by atoms with van der Waals surface area (Å²) in [5.41, 5.74) is 5.18. The number of halogens is 1. The average molecular weight is 537 g/mol. The van der Waals surface area contributed by atoms with Crippen LogP contribution in [0.15, 0.2) is 77.3 Å². The third kappa shape index (κ3) is 5.71. The quantitative estimate of drug-likeness (QED) is 0.393. The molecule has 2 amide bonds. The molecular formula is C27H25BrN2O5. The van der Waals surface area contributed by atoms with Crippen LogP contribution in [0.4, 0.5) is 4.79 Å². The van der Waals surface area contributed by atoms with E-state index < -0.39 is 30.1 Å². The Hall–Kier alpha value is -3.65. The van der Waals surface area contributed by atoms with Crippen molar-refractivity contribution < 1.29 is 24.2 Å². The summed E-state index contributed by atoms with van der Waals surface area (Å²) in [6, 6.07) is 21.1. The van der Waals surface area contributed by atoms with Crippen LogP contribution in [-0.4, -0.2) is 41.8 Å². The van der Waals surface area contributed by atoms with E-state index in [0.717, 1.165) is 32.3 Å². The Morgan fingerprint density at radius 2 is 1.49 bits per heavy atom. The SMILES string of the molecule is C[C@@H](NC(=O)OCC1c2ccccc2-c2ccccc21)C(=O)N[C@H](Cc1ccc(Br)cc1)C(=O)O. The summed E-state index contributed by atoms with van der Waals surface area (Å²) in [7, 11) is 0. The Morgan fingerprint density at radius 1 is 0.914 bits per heavy atom. The number of fused-ring (bicyclic) bond motifs is 3. The van der Waals surface area contributed by atoms with Crippen LogP contribution in [0.2, 0.25) is 0 Å². The molecule has 3 aromatic carbocycles. The van der Waals surface area contributed by atoms with Crippen molar-refractivity contribution in [1.29, 1.82) is 0 Å². The van der Waals surface area contributed by atoms with Crippen LogP contribution in [-0.2, 0) is 20.7 Å². The Balaban J connectivity index is 1.33. The van der Waals surface area contributed by atoms with Gasteiger partial charge in [-0.25, -0.2) is 9.59 Å². The number of carboxylic acid groups (broad SMARTS) is 1. The minimum atomic E-state index is -1.16. The van der Waals surface area contributed by atoms with Gasteiger partial charge in [0.25, 0.3) is 0 Å². The fourth-order valence-corrected chi connectivity index (χ4v) is 4.50. The van der Waals surface area contributed by atoms with Crippen molar-refractivity contribution in [2.75, 3.05) is 6.61 Å². The molecule has 0 aliphatic heterocycles. The summed E-state index contributed by atoms with van der Waals surface area (Å²) in [5.74, 6) is -1.86. The van der Waals surface area contributed by atoms with Gasteiger partial charge in [0.05, 0.1) is 0 Å². The van der Waals surface area contributed by atoms with Crippen molar-refractivity contribution >= 4 is 33.9 Å². The number of hydrogen-bond acceptors (Lipinski definition) is 4. The van der Waals surface area contributed by atoms with Gasteiger partial charge in [0.15, 0.2) is 0 Å². The second-order valence-corrected chi connectivity index (χ2v) is 9.34. The zero-order valence-electron chi connectivity index (χ0n) is 19.0. The fourth-order valence-electron chi connectivity index (χ4n) is 4.24. The maximum Gasteiger partial charge on any atom is 0.407 e. The van der Waals surface area contributed by atoms with E-state index in [1.807, 2.05) is 48.5 Å². The smallest absolute Gasteiger partial charge is 0.407 e. The van der Waals surface area contributed by atoms with Crippen molar-refractivity contribution in [2.24, 2.45) is 0 Å². The highest BCUT2D eigenvalue weighted by Gasteiger charge is 2.30. The van der Waals surface area contributed by atoms with E-state index >= 15 is 0 Å². The first-order chi connectivity index (χ1) is 16.8. The number of nitrogens with one attached hydrogen (secondary N) is 2. The predicted molar refractivity (Wildman–Crippen MR) is 135 cm³/mol. The lowest BCUT2D eigenvalue weighted by Crippen LogP contribution is -2.51. The minimum absolute atomic E-state index is 0.0976. The topological polar surface area (TPSA) is 105 Å². The van der Waals surface area contributed by atoms with E-state index in [-0.39, 0.29) is 18.9 Å². The molecule has 35 heavy (non-hydrogen) atoms. The van der Waals surface area contributed by atoms with Gasteiger partial charge >= 0.3 is 12.1 Å². The molecule has 4 rings (SSSR count). The van der Waals surface area contributed by atoms with Crippen LogP contribution in [0, 0.1) is 0 Å². The molecule has 0 fully saturated rings. The highest BCUT2D eigenvalue weighted by molar-refractivity contribution is 9.10. The summed E-state index contributed by atoms with van der Waals surface area (Å²) in [6.45, 7) is 1.60. The summed E-state index contributed by atoms with van der Waals surface area (Å²) in [6.07, 6.45) is -0.624. The first kappa shape index (κ1) is 24.5. The average Bonchev–Trinajstić information content (AvgIpc) is 3.17. The second-order valence-electron chi connectivity index (χ2n) is 8.42. The maximum absolute atomic E-state index is 12.6. The molecule has 0 radical (unpaired) electrons. The standard InChI is InChI=1S/C27H25BrN2O5/c1-16(25(31)30-24(26(32)33)14-17-10-12-18(28)13-11-17)29-27(34)35-15-23-21-8-4-2-6-19(21)20-7-3-5-9-22(20)23/h2-13,16,23-24H,14-15H2,1H3,(H,29,34)(H,30,31)(H,32,33)/t16-,24-/m1/s1. The van der Waals surface area contributed by atoms with Gasteiger partial charge in [0.1, 0.15) is 18.7 Å². The second kappa shape index (κ2) is 10.7. The molecule has 0 aromatic heterocycles. The highest BCUT2D eigenvalue weighted by atomic mass is 79.9. The molecule has 0 heterocycles. The van der Waals surface area contributed by atoms with Crippen molar-refractivity contribution in [2.45, 2.75) is 31.3 Å². The van der Waals surface area contributed by atoms with Crippen molar-refractivity contribution in [3.05, 3.63) is 94.0 Å². The van der Waals surface area contributed by atoms with Gasteiger partial charge in [-0.2, -0.15) is 0 Å². The molecule has 0 bridgehead atoms. The molecule has 0 saturated heterocycles. The Labute approximate surface area is 211 Å². The zero-order chi connectivity index (χ0) is 24.9. The number of hydrogen-bond donors (Lipinski definition) is 3. The van der Waals surface area contributed by atoms with Gasteiger partial charge in [0, 0.05) is 16.8 Å². The molecule has 1 aliphatic carbocycles. The summed E-state index contributed by atoms with van der Waals surface area (Å²) in [4.78, 5) is 36.7. The van der Waals surface area contributed by atoms with Gasteiger partial charge in [0.2, 0.25) is 5.91 Å². The molecule has 180 valence electrons. The first-order valence-electron chi connectivity index (χ1n) is 11.2. The predicted octanol–water partition coefficient (Wildman–Crippen LogP) is 4.49. The van der Waals surface area contributed by atoms with Crippen LogP contribution >= 0.6 is 15.9 Å². The molecule has 1 aliphatic rings. The van der Waals surface area contributed by atoms with Crippen molar-refractivity contribution in [3.63, 3.8) is 0 Å². The number of ether oxygens (including phenoxy) is 1. The number of aliphatic carboxylic acids is 1. The van der Waals surface area contributed by atoms with Gasteiger partial charge in [-0.15, -0.1) is 0 Å². The summed E-state index contributed by atoms with van der Waals surface area (Å²) in [5, 5.41) is 14.5. The molecule has 3 aromatic rings. The molecule has 8 heteroatoms. The first-order valence-corrected chi connectivity index (χ1v) is 12.0. The normalized spacial score (nSPS) is 13.8.